The number of halogens is 2. The summed E-state index contributed by atoms with van der Waals surface area (Å²) in [6.07, 6.45) is 7.80. The highest BCUT2D eigenvalue weighted by Crippen LogP contribution is 2.26. The molecule has 0 fully saturated rings. The van der Waals surface area contributed by atoms with Crippen LogP contribution in [0, 0.1) is 17.1 Å². The minimum Gasteiger partial charge on any atom is -0.493 e. The molecule has 1 heterocycles. The summed E-state index contributed by atoms with van der Waals surface area (Å²) in [5, 5.41) is 15.5. The molecule has 0 unspecified atom stereocenters. The monoisotopic (exact) mass is 468 g/mol. The van der Waals surface area contributed by atoms with Crippen molar-refractivity contribution < 1.29 is 13.9 Å². The predicted molar refractivity (Wildman–Crippen MR) is 126 cm³/mol. The van der Waals surface area contributed by atoms with Crippen molar-refractivity contribution in [3.63, 3.8) is 0 Å². The number of hydrogen-bond acceptors (Lipinski definition) is 5. The van der Waals surface area contributed by atoms with E-state index in [-0.39, 0.29) is 17.8 Å². The molecule has 3 rings (SSSR count). The molecule has 6 nitrogen and oxygen atoms in total. The Morgan fingerprint density at radius 2 is 2.09 bits per heavy atom. The van der Waals surface area contributed by atoms with Gasteiger partial charge < -0.3 is 15.4 Å². The lowest BCUT2D eigenvalue weighted by molar-refractivity contribution is -0.126. The minimum atomic E-state index is -0.808. The first-order valence-electron chi connectivity index (χ1n) is 10.7. The number of ether oxygens (including phenoxy) is 1. The van der Waals surface area contributed by atoms with Gasteiger partial charge in [0, 0.05) is 24.0 Å². The zero-order chi connectivity index (χ0) is 23.8. The van der Waals surface area contributed by atoms with Crippen LogP contribution in [0.5, 0.6) is 5.75 Å². The topological polar surface area (TPSA) is 87.0 Å². The average Bonchev–Trinajstić information content (AvgIpc) is 2.79. The first-order valence-corrected chi connectivity index (χ1v) is 11.0. The minimum absolute atomic E-state index is 0.170. The number of benzene rings is 1. The molecule has 1 aromatic heterocycles. The largest absolute Gasteiger partial charge is 0.493 e. The van der Waals surface area contributed by atoms with E-state index in [1.54, 1.807) is 62.7 Å². The molecule has 33 heavy (non-hydrogen) atoms. The highest BCUT2D eigenvalue weighted by molar-refractivity contribution is 6.32. The Morgan fingerprint density at radius 1 is 1.33 bits per heavy atom. The Balaban J connectivity index is 1.42. The Hall–Kier alpha value is -3.21. The molecule has 0 saturated carbocycles. The van der Waals surface area contributed by atoms with E-state index in [1.165, 1.54) is 6.07 Å². The van der Waals surface area contributed by atoms with Crippen LogP contribution in [-0.2, 0) is 4.79 Å². The third kappa shape index (κ3) is 6.64. The van der Waals surface area contributed by atoms with Crippen LogP contribution in [0.4, 0.5) is 4.39 Å². The van der Waals surface area contributed by atoms with Crippen molar-refractivity contribution in [3.05, 3.63) is 71.3 Å². The number of nitrogens with one attached hydrogen (secondary N) is 2. The van der Waals surface area contributed by atoms with Gasteiger partial charge in [-0.05, 0) is 69.1 Å². The third-order valence-electron chi connectivity index (χ3n) is 5.27. The fourth-order valence-electron chi connectivity index (χ4n) is 3.32. The normalized spacial score (nSPS) is 15.8. The van der Waals surface area contributed by atoms with Crippen LogP contribution in [0.1, 0.15) is 26.7 Å². The van der Waals surface area contributed by atoms with Gasteiger partial charge in [-0.3, -0.25) is 9.78 Å². The van der Waals surface area contributed by atoms with Crippen molar-refractivity contribution in [2.45, 2.75) is 38.3 Å². The van der Waals surface area contributed by atoms with E-state index in [0.29, 0.717) is 47.9 Å². The molecule has 0 saturated heterocycles. The second-order valence-corrected chi connectivity index (χ2v) is 8.60. The number of nitrogens with zero attached hydrogens (tertiary/aromatic N) is 2. The number of rotatable bonds is 9. The van der Waals surface area contributed by atoms with Crippen molar-refractivity contribution in [1.82, 2.24) is 15.6 Å². The van der Waals surface area contributed by atoms with Gasteiger partial charge in [0.15, 0.2) is 0 Å². The number of allylic oxidation sites excluding steroid dienone is 2. The van der Waals surface area contributed by atoms with Crippen molar-refractivity contribution in [3.8, 4) is 22.9 Å². The fourth-order valence-corrected chi connectivity index (χ4v) is 3.59. The van der Waals surface area contributed by atoms with E-state index < -0.39 is 5.54 Å². The van der Waals surface area contributed by atoms with Gasteiger partial charge in [0.1, 0.15) is 17.6 Å². The van der Waals surface area contributed by atoms with Gasteiger partial charge in [0.25, 0.3) is 0 Å². The lowest BCUT2D eigenvalue weighted by Gasteiger charge is -2.28. The first-order chi connectivity index (χ1) is 15.8. The predicted octanol–water partition coefficient (Wildman–Crippen LogP) is 4.49. The second-order valence-electron chi connectivity index (χ2n) is 8.19. The van der Waals surface area contributed by atoms with Crippen LogP contribution in [-0.4, -0.2) is 35.6 Å². The molecule has 1 aromatic carbocycles. The Morgan fingerprint density at radius 3 is 2.76 bits per heavy atom. The summed E-state index contributed by atoms with van der Waals surface area (Å²) >= 11 is 6.06. The SMILES string of the molecule is CC(C)(NCCCOc1ccc(-c2ccncc2)c(F)c1)C(=O)N[C@@H]1C=C(Cl)C(C#N)=CC1. The number of amides is 1. The zero-order valence-electron chi connectivity index (χ0n) is 18.6. The fraction of sp³-hybridized carbons (Fsp3) is 0.320. The first kappa shape index (κ1) is 24.4. The molecule has 1 atom stereocenters. The summed E-state index contributed by atoms with van der Waals surface area (Å²) in [5.74, 6) is -0.0759. The lowest BCUT2D eigenvalue weighted by atomic mass is 10.00. The van der Waals surface area contributed by atoms with E-state index in [1.807, 2.05) is 6.07 Å². The summed E-state index contributed by atoms with van der Waals surface area (Å²) in [7, 11) is 0. The highest BCUT2D eigenvalue weighted by Gasteiger charge is 2.28. The van der Waals surface area contributed by atoms with Crippen LogP contribution in [0.2, 0.25) is 0 Å². The van der Waals surface area contributed by atoms with E-state index in [0.717, 1.165) is 5.56 Å². The lowest BCUT2D eigenvalue weighted by Crippen LogP contribution is -2.55. The molecule has 2 aromatic rings. The average molecular weight is 469 g/mol. The number of aromatic nitrogens is 1. The number of carbonyl (C=O) groups is 1. The molecule has 0 bridgehead atoms. The molecular formula is C25H26ClFN4O2. The van der Waals surface area contributed by atoms with E-state index >= 15 is 0 Å². The molecule has 0 spiro atoms. The van der Waals surface area contributed by atoms with Gasteiger partial charge in [-0.25, -0.2) is 4.39 Å². The number of nitriles is 1. The summed E-state index contributed by atoms with van der Waals surface area (Å²) < 4.78 is 20.1. The van der Waals surface area contributed by atoms with Gasteiger partial charge in [0.05, 0.1) is 28.8 Å². The van der Waals surface area contributed by atoms with Crippen molar-refractivity contribution in [1.29, 1.82) is 5.26 Å². The van der Waals surface area contributed by atoms with Crippen LogP contribution in [0.3, 0.4) is 0 Å². The maximum Gasteiger partial charge on any atom is 0.240 e. The Bertz CT molecular complexity index is 1090. The third-order valence-corrected chi connectivity index (χ3v) is 5.60. The molecule has 172 valence electrons. The van der Waals surface area contributed by atoms with Crippen molar-refractivity contribution in [2.75, 3.05) is 13.2 Å². The molecule has 8 heteroatoms. The van der Waals surface area contributed by atoms with Crippen LogP contribution >= 0.6 is 11.6 Å². The molecule has 0 radical (unpaired) electrons. The Kier molecular flexibility index (Phi) is 8.21. The van der Waals surface area contributed by atoms with Gasteiger partial charge >= 0.3 is 0 Å². The summed E-state index contributed by atoms with van der Waals surface area (Å²) in [5.41, 5.74) is 0.864. The summed E-state index contributed by atoms with van der Waals surface area (Å²) in [4.78, 5) is 16.6. The number of pyridine rings is 1. The molecule has 1 aliphatic carbocycles. The van der Waals surface area contributed by atoms with Crippen molar-refractivity contribution in [2.24, 2.45) is 0 Å². The molecular weight excluding hydrogens is 443 g/mol. The molecule has 1 aliphatic rings. The zero-order valence-corrected chi connectivity index (χ0v) is 19.3. The number of hydrogen-bond donors (Lipinski definition) is 2. The molecule has 1 amide bonds. The molecule has 0 aliphatic heterocycles. The van der Waals surface area contributed by atoms with E-state index in [9.17, 15) is 9.18 Å². The Labute approximate surface area is 198 Å². The second kappa shape index (κ2) is 11.1. The van der Waals surface area contributed by atoms with Crippen LogP contribution in [0.25, 0.3) is 11.1 Å². The summed E-state index contributed by atoms with van der Waals surface area (Å²) in [6.45, 7) is 4.50. The van der Waals surface area contributed by atoms with Crippen LogP contribution in [0.15, 0.2) is 65.5 Å². The standard InChI is InChI=1S/C25H26ClFN4O2/c1-25(2,24(32)31-19-5-4-18(16-28)22(26)14-19)30-10-3-13-33-20-6-7-21(23(27)15-20)17-8-11-29-12-9-17/h4,6-9,11-12,14-15,19,30H,3,5,10,13H2,1-2H3,(H,31,32)/t19-/m0/s1. The maximum atomic E-state index is 14.4. The van der Waals surface area contributed by atoms with Crippen molar-refractivity contribution >= 4 is 17.5 Å². The van der Waals surface area contributed by atoms with E-state index in [2.05, 4.69) is 15.6 Å². The smallest absolute Gasteiger partial charge is 0.240 e. The van der Waals surface area contributed by atoms with Gasteiger partial charge in [-0.15, -0.1) is 0 Å². The number of carbonyl (C=O) groups excluding carboxylic acids is 1. The van der Waals surface area contributed by atoms with Gasteiger partial charge in [-0.2, -0.15) is 5.26 Å². The van der Waals surface area contributed by atoms with E-state index in [4.69, 9.17) is 21.6 Å². The van der Waals surface area contributed by atoms with Crippen LogP contribution < -0.4 is 15.4 Å². The van der Waals surface area contributed by atoms with Gasteiger partial charge in [0.2, 0.25) is 5.91 Å². The molecule has 2 N–H and O–H groups in total. The highest BCUT2D eigenvalue weighted by atomic mass is 35.5. The maximum absolute atomic E-state index is 14.4. The van der Waals surface area contributed by atoms with Gasteiger partial charge in [-0.1, -0.05) is 17.7 Å². The summed E-state index contributed by atoms with van der Waals surface area (Å²) in [6, 6.07) is 10.1. The quantitative estimate of drug-likeness (QED) is 0.529.